The molecule has 112 valence electrons. The minimum atomic E-state index is 0.672. The first kappa shape index (κ1) is 14.9. The molecule has 0 radical (unpaired) electrons. The molecule has 3 nitrogen and oxygen atoms in total. The number of nitrogens with zero attached hydrogens (tertiary/aromatic N) is 3. The Bertz CT molecular complexity index is 811. The Morgan fingerprint density at radius 3 is 1.87 bits per heavy atom. The first-order valence-corrected chi connectivity index (χ1v) is 7.72. The van der Waals surface area contributed by atoms with Crippen LogP contribution in [0.5, 0.6) is 0 Å². The van der Waals surface area contributed by atoms with Crippen LogP contribution in [0.4, 0.5) is 0 Å². The SMILES string of the molecule is CCCc1cnc(-c2ccc(-c3ccc(C#N)cc3)cc2)nc1. The molecule has 3 aromatic rings. The summed E-state index contributed by atoms with van der Waals surface area (Å²) < 4.78 is 0. The molecule has 2 aromatic carbocycles. The maximum atomic E-state index is 8.85. The molecule has 0 N–H and O–H groups in total. The molecular formula is C20H17N3. The number of aryl methyl sites for hydroxylation is 1. The fourth-order valence-electron chi connectivity index (χ4n) is 2.47. The Kier molecular flexibility index (Phi) is 4.44. The number of nitriles is 1. The van der Waals surface area contributed by atoms with Gasteiger partial charge in [-0.15, -0.1) is 0 Å². The molecular weight excluding hydrogens is 282 g/mol. The molecule has 0 fully saturated rings. The van der Waals surface area contributed by atoms with Crippen LogP contribution in [-0.2, 0) is 6.42 Å². The van der Waals surface area contributed by atoms with Gasteiger partial charge in [0.15, 0.2) is 5.82 Å². The third-order valence-electron chi connectivity index (χ3n) is 3.73. The molecule has 0 aliphatic heterocycles. The summed E-state index contributed by atoms with van der Waals surface area (Å²) in [5.41, 5.74) is 5.05. The molecule has 3 heteroatoms. The van der Waals surface area contributed by atoms with Crippen LogP contribution < -0.4 is 0 Å². The van der Waals surface area contributed by atoms with E-state index >= 15 is 0 Å². The lowest BCUT2D eigenvalue weighted by atomic mass is 10.0. The van der Waals surface area contributed by atoms with Gasteiger partial charge in [0.1, 0.15) is 0 Å². The number of benzene rings is 2. The van der Waals surface area contributed by atoms with Crippen LogP contribution in [0, 0.1) is 11.3 Å². The van der Waals surface area contributed by atoms with Crippen molar-refractivity contribution >= 4 is 0 Å². The van der Waals surface area contributed by atoms with Crippen molar-refractivity contribution < 1.29 is 0 Å². The molecule has 1 aromatic heterocycles. The highest BCUT2D eigenvalue weighted by molar-refractivity contribution is 5.68. The van der Waals surface area contributed by atoms with Gasteiger partial charge in [0, 0.05) is 18.0 Å². The Morgan fingerprint density at radius 1 is 0.826 bits per heavy atom. The van der Waals surface area contributed by atoms with Gasteiger partial charge in [0.25, 0.3) is 0 Å². The molecule has 0 amide bonds. The summed E-state index contributed by atoms with van der Waals surface area (Å²) in [6.45, 7) is 2.15. The van der Waals surface area contributed by atoms with E-state index in [2.05, 4.69) is 35.1 Å². The lowest BCUT2D eigenvalue weighted by Gasteiger charge is -2.05. The van der Waals surface area contributed by atoms with Crippen LogP contribution in [-0.4, -0.2) is 9.97 Å². The van der Waals surface area contributed by atoms with E-state index in [0.717, 1.165) is 35.4 Å². The maximum absolute atomic E-state index is 8.85. The topological polar surface area (TPSA) is 49.6 Å². The average Bonchev–Trinajstić information content (AvgIpc) is 2.63. The summed E-state index contributed by atoms with van der Waals surface area (Å²) in [5, 5.41) is 8.85. The third kappa shape index (κ3) is 3.44. The highest BCUT2D eigenvalue weighted by Crippen LogP contribution is 2.23. The summed E-state index contributed by atoms with van der Waals surface area (Å²) in [6.07, 6.45) is 5.92. The molecule has 0 spiro atoms. The molecule has 0 saturated carbocycles. The van der Waals surface area contributed by atoms with Crippen molar-refractivity contribution in [3.63, 3.8) is 0 Å². The minimum absolute atomic E-state index is 0.672. The van der Waals surface area contributed by atoms with E-state index in [-0.39, 0.29) is 0 Å². The molecule has 23 heavy (non-hydrogen) atoms. The van der Waals surface area contributed by atoms with Gasteiger partial charge in [-0.2, -0.15) is 5.26 Å². The maximum Gasteiger partial charge on any atom is 0.159 e. The molecule has 0 bridgehead atoms. The molecule has 0 aliphatic rings. The summed E-state index contributed by atoms with van der Waals surface area (Å²) in [4.78, 5) is 8.89. The van der Waals surface area contributed by atoms with E-state index in [1.54, 1.807) is 0 Å². The quantitative estimate of drug-likeness (QED) is 0.705. The van der Waals surface area contributed by atoms with Gasteiger partial charge in [0.2, 0.25) is 0 Å². The Hall–Kier alpha value is -2.99. The van der Waals surface area contributed by atoms with Crippen LogP contribution in [0.25, 0.3) is 22.5 Å². The van der Waals surface area contributed by atoms with Gasteiger partial charge >= 0.3 is 0 Å². The predicted molar refractivity (Wildman–Crippen MR) is 91.6 cm³/mol. The van der Waals surface area contributed by atoms with Crippen molar-refractivity contribution in [1.82, 2.24) is 9.97 Å². The normalized spacial score (nSPS) is 10.3. The fraction of sp³-hybridized carbons (Fsp3) is 0.150. The van der Waals surface area contributed by atoms with E-state index in [1.165, 1.54) is 5.56 Å². The first-order valence-electron chi connectivity index (χ1n) is 7.72. The molecule has 0 aliphatic carbocycles. The van der Waals surface area contributed by atoms with Gasteiger partial charge in [-0.25, -0.2) is 9.97 Å². The van der Waals surface area contributed by atoms with Crippen molar-refractivity contribution in [3.8, 4) is 28.6 Å². The van der Waals surface area contributed by atoms with Crippen molar-refractivity contribution in [1.29, 1.82) is 5.26 Å². The van der Waals surface area contributed by atoms with Crippen LogP contribution in [0.1, 0.15) is 24.5 Å². The monoisotopic (exact) mass is 299 g/mol. The van der Waals surface area contributed by atoms with Gasteiger partial charge in [-0.05, 0) is 35.2 Å². The number of hydrogen-bond acceptors (Lipinski definition) is 3. The number of rotatable bonds is 4. The summed E-state index contributed by atoms with van der Waals surface area (Å²) in [5.74, 6) is 0.747. The second-order valence-corrected chi connectivity index (χ2v) is 5.43. The largest absolute Gasteiger partial charge is 0.236 e. The minimum Gasteiger partial charge on any atom is -0.236 e. The average molecular weight is 299 g/mol. The highest BCUT2D eigenvalue weighted by atomic mass is 14.9. The molecule has 1 heterocycles. The van der Waals surface area contributed by atoms with Crippen molar-refractivity contribution in [2.75, 3.05) is 0 Å². The lowest BCUT2D eigenvalue weighted by molar-refractivity contribution is 0.902. The van der Waals surface area contributed by atoms with Crippen LogP contribution >= 0.6 is 0 Å². The first-order chi connectivity index (χ1) is 11.3. The second kappa shape index (κ2) is 6.85. The van der Waals surface area contributed by atoms with Crippen molar-refractivity contribution in [2.45, 2.75) is 19.8 Å². The predicted octanol–water partition coefficient (Wildman–Crippen LogP) is 4.63. The number of hydrogen-bond donors (Lipinski definition) is 0. The second-order valence-electron chi connectivity index (χ2n) is 5.43. The number of aromatic nitrogens is 2. The fourth-order valence-corrected chi connectivity index (χ4v) is 2.47. The molecule has 3 rings (SSSR count). The Balaban J connectivity index is 1.82. The van der Waals surface area contributed by atoms with Gasteiger partial charge < -0.3 is 0 Å². The zero-order valence-electron chi connectivity index (χ0n) is 13.0. The van der Waals surface area contributed by atoms with Gasteiger partial charge in [0.05, 0.1) is 11.6 Å². The van der Waals surface area contributed by atoms with E-state index in [1.807, 2.05) is 48.8 Å². The summed E-state index contributed by atoms with van der Waals surface area (Å²) in [7, 11) is 0. The highest BCUT2D eigenvalue weighted by Gasteiger charge is 2.03. The van der Waals surface area contributed by atoms with Crippen molar-refractivity contribution in [2.24, 2.45) is 0 Å². The zero-order valence-corrected chi connectivity index (χ0v) is 13.0. The Morgan fingerprint density at radius 2 is 1.35 bits per heavy atom. The van der Waals surface area contributed by atoms with Crippen LogP contribution in [0.2, 0.25) is 0 Å². The van der Waals surface area contributed by atoms with E-state index in [9.17, 15) is 0 Å². The van der Waals surface area contributed by atoms with E-state index in [0.29, 0.717) is 5.56 Å². The molecule has 0 atom stereocenters. The molecule has 0 unspecified atom stereocenters. The van der Waals surface area contributed by atoms with Crippen LogP contribution in [0.15, 0.2) is 60.9 Å². The molecule has 0 saturated heterocycles. The van der Waals surface area contributed by atoms with Gasteiger partial charge in [-0.3, -0.25) is 0 Å². The Labute approximate surface area is 136 Å². The van der Waals surface area contributed by atoms with E-state index in [4.69, 9.17) is 5.26 Å². The summed E-state index contributed by atoms with van der Waals surface area (Å²) in [6, 6.07) is 17.9. The van der Waals surface area contributed by atoms with Crippen LogP contribution in [0.3, 0.4) is 0 Å². The third-order valence-corrected chi connectivity index (χ3v) is 3.73. The smallest absolute Gasteiger partial charge is 0.159 e. The summed E-state index contributed by atoms with van der Waals surface area (Å²) >= 11 is 0. The van der Waals surface area contributed by atoms with Crippen molar-refractivity contribution in [3.05, 3.63) is 72.1 Å². The van der Waals surface area contributed by atoms with Gasteiger partial charge in [-0.1, -0.05) is 49.7 Å². The lowest BCUT2D eigenvalue weighted by Crippen LogP contribution is -1.92. The van der Waals surface area contributed by atoms with E-state index < -0.39 is 0 Å². The standard InChI is InChI=1S/C20H17N3/c1-2-3-16-13-22-20(23-14-16)19-10-8-18(9-11-19)17-6-4-15(12-21)5-7-17/h4-11,13-14H,2-3H2,1H3. The zero-order chi connectivity index (χ0) is 16.1.